The third kappa shape index (κ3) is 5.08. The summed E-state index contributed by atoms with van der Waals surface area (Å²) in [6.45, 7) is 1.26. The maximum Gasteiger partial charge on any atom is 0.347 e. The van der Waals surface area contributed by atoms with Crippen molar-refractivity contribution in [2.24, 2.45) is 0 Å². The van der Waals surface area contributed by atoms with E-state index in [0.29, 0.717) is 12.2 Å². The summed E-state index contributed by atoms with van der Waals surface area (Å²) in [7, 11) is 0. The molecular formula is C18H18FNO4. The number of halogens is 1. The molecule has 0 aromatic heterocycles. The maximum absolute atomic E-state index is 13.4. The minimum absolute atomic E-state index is 0.0335. The van der Waals surface area contributed by atoms with Crippen molar-refractivity contribution in [2.45, 2.75) is 19.4 Å². The Morgan fingerprint density at radius 1 is 1.08 bits per heavy atom. The van der Waals surface area contributed by atoms with Crippen LogP contribution in [0.2, 0.25) is 0 Å². The molecule has 0 bridgehead atoms. The first-order valence-electron chi connectivity index (χ1n) is 7.53. The van der Waals surface area contributed by atoms with Gasteiger partial charge in [0.05, 0.1) is 5.69 Å². The maximum atomic E-state index is 13.4. The van der Waals surface area contributed by atoms with E-state index in [4.69, 9.17) is 9.47 Å². The number of ether oxygens (including phenoxy) is 2. The van der Waals surface area contributed by atoms with Crippen LogP contribution in [0.15, 0.2) is 54.6 Å². The Morgan fingerprint density at radius 3 is 2.42 bits per heavy atom. The molecule has 0 spiro atoms. The van der Waals surface area contributed by atoms with Crippen molar-refractivity contribution in [3.63, 3.8) is 0 Å². The number of benzene rings is 2. The van der Waals surface area contributed by atoms with Gasteiger partial charge in [0.2, 0.25) is 0 Å². The molecule has 2 aromatic rings. The summed E-state index contributed by atoms with van der Waals surface area (Å²) in [5.74, 6) is -1.29. The lowest BCUT2D eigenvalue weighted by molar-refractivity contribution is -0.154. The minimum atomic E-state index is -0.811. The van der Waals surface area contributed by atoms with Gasteiger partial charge in [0.1, 0.15) is 11.6 Å². The molecule has 24 heavy (non-hydrogen) atoms. The van der Waals surface area contributed by atoms with E-state index in [2.05, 4.69) is 5.32 Å². The van der Waals surface area contributed by atoms with Gasteiger partial charge in [-0.15, -0.1) is 0 Å². The second-order valence-corrected chi connectivity index (χ2v) is 4.96. The fraction of sp³-hybridized carbons (Fsp3) is 0.222. The van der Waals surface area contributed by atoms with Gasteiger partial charge in [-0.3, -0.25) is 4.79 Å². The SMILES string of the molecule is CC[C@@H](Oc1ccccc1)C(=O)OCC(=O)Nc1ccccc1F. The average molecular weight is 331 g/mol. The molecule has 0 unspecified atom stereocenters. The highest BCUT2D eigenvalue weighted by Crippen LogP contribution is 2.14. The Bertz CT molecular complexity index is 690. The topological polar surface area (TPSA) is 64.6 Å². The molecule has 126 valence electrons. The van der Waals surface area contributed by atoms with Crippen LogP contribution >= 0.6 is 0 Å². The molecule has 1 atom stereocenters. The van der Waals surface area contributed by atoms with Crippen LogP contribution in [-0.2, 0) is 14.3 Å². The van der Waals surface area contributed by atoms with Gasteiger partial charge < -0.3 is 14.8 Å². The van der Waals surface area contributed by atoms with Gasteiger partial charge in [-0.1, -0.05) is 37.3 Å². The standard InChI is InChI=1S/C18H18FNO4/c1-2-16(24-13-8-4-3-5-9-13)18(22)23-12-17(21)20-15-11-7-6-10-14(15)19/h3-11,16H,2,12H2,1H3,(H,20,21)/t16-/m1/s1. The largest absolute Gasteiger partial charge is 0.479 e. The van der Waals surface area contributed by atoms with Gasteiger partial charge in [-0.05, 0) is 30.7 Å². The minimum Gasteiger partial charge on any atom is -0.479 e. The van der Waals surface area contributed by atoms with Crippen LogP contribution < -0.4 is 10.1 Å². The molecular weight excluding hydrogens is 313 g/mol. The summed E-state index contributed by atoms with van der Waals surface area (Å²) in [5.41, 5.74) is 0.0335. The van der Waals surface area contributed by atoms with Crippen LogP contribution in [0.4, 0.5) is 10.1 Å². The molecule has 6 heteroatoms. The summed E-state index contributed by atoms with van der Waals surface area (Å²) in [6, 6.07) is 14.6. The highest BCUT2D eigenvalue weighted by molar-refractivity contribution is 5.93. The van der Waals surface area contributed by atoms with Crippen LogP contribution in [0, 0.1) is 5.82 Å². The van der Waals surface area contributed by atoms with Gasteiger partial charge in [-0.25, -0.2) is 9.18 Å². The van der Waals surface area contributed by atoms with E-state index < -0.39 is 30.4 Å². The van der Waals surface area contributed by atoms with Gasteiger partial charge in [-0.2, -0.15) is 0 Å². The first kappa shape index (κ1) is 17.5. The van der Waals surface area contributed by atoms with Crippen molar-refractivity contribution in [3.8, 4) is 5.75 Å². The predicted octanol–water partition coefficient (Wildman–Crippen LogP) is 3.17. The van der Waals surface area contributed by atoms with Crippen LogP contribution in [-0.4, -0.2) is 24.6 Å². The molecule has 0 aliphatic heterocycles. The Kier molecular flexibility index (Phi) is 6.31. The normalized spacial score (nSPS) is 11.4. The van der Waals surface area contributed by atoms with Crippen LogP contribution in [0.3, 0.4) is 0 Å². The molecule has 1 N–H and O–H groups in total. The predicted molar refractivity (Wildman–Crippen MR) is 87.1 cm³/mol. The lowest BCUT2D eigenvalue weighted by Crippen LogP contribution is -2.31. The smallest absolute Gasteiger partial charge is 0.347 e. The molecule has 1 amide bonds. The molecule has 0 saturated carbocycles. The summed E-state index contributed by atoms with van der Waals surface area (Å²) in [5, 5.41) is 2.34. The summed E-state index contributed by atoms with van der Waals surface area (Å²) in [4.78, 5) is 23.7. The van der Waals surface area contributed by atoms with E-state index in [1.165, 1.54) is 18.2 Å². The quantitative estimate of drug-likeness (QED) is 0.792. The van der Waals surface area contributed by atoms with E-state index in [0.717, 1.165) is 0 Å². The third-order valence-corrected chi connectivity index (χ3v) is 3.15. The monoisotopic (exact) mass is 331 g/mol. The van der Waals surface area contributed by atoms with E-state index in [-0.39, 0.29) is 5.69 Å². The van der Waals surface area contributed by atoms with Gasteiger partial charge in [0, 0.05) is 0 Å². The number of hydrogen-bond acceptors (Lipinski definition) is 4. The highest BCUT2D eigenvalue weighted by Gasteiger charge is 2.21. The Labute approximate surface area is 139 Å². The van der Waals surface area contributed by atoms with E-state index >= 15 is 0 Å². The zero-order valence-electron chi connectivity index (χ0n) is 13.2. The first-order valence-corrected chi connectivity index (χ1v) is 7.53. The second-order valence-electron chi connectivity index (χ2n) is 4.96. The first-order chi connectivity index (χ1) is 11.6. The Hall–Kier alpha value is -2.89. The fourth-order valence-electron chi connectivity index (χ4n) is 1.94. The molecule has 0 aliphatic carbocycles. The van der Waals surface area contributed by atoms with Crippen molar-refractivity contribution in [2.75, 3.05) is 11.9 Å². The molecule has 0 fully saturated rings. The number of carbonyl (C=O) groups is 2. The van der Waals surface area contributed by atoms with Crippen LogP contribution in [0.1, 0.15) is 13.3 Å². The molecule has 2 rings (SSSR count). The van der Waals surface area contributed by atoms with E-state index in [1.54, 1.807) is 37.3 Å². The van der Waals surface area contributed by atoms with Crippen LogP contribution in [0.5, 0.6) is 5.75 Å². The zero-order chi connectivity index (χ0) is 17.4. The number of para-hydroxylation sites is 2. The number of anilines is 1. The van der Waals surface area contributed by atoms with Crippen LogP contribution in [0.25, 0.3) is 0 Å². The molecule has 5 nitrogen and oxygen atoms in total. The van der Waals surface area contributed by atoms with Gasteiger partial charge >= 0.3 is 5.97 Å². The number of amides is 1. The van der Waals surface area contributed by atoms with Gasteiger partial charge in [0.25, 0.3) is 5.91 Å². The number of nitrogens with one attached hydrogen (secondary N) is 1. The van der Waals surface area contributed by atoms with E-state index in [1.807, 2.05) is 6.07 Å². The van der Waals surface area contributed by atoms with Crippen molar-refractivity contribution in [1.29, 1.82) is 0 Å². The summed E-state index contributed by atoms with van der Waals surface area (Å²) >= 11 is 0. The average Bonchev–Trinajstić information content (AvgIpc) is 2.60. The number of carbonyl (C=O) groups excluding carboxylic acids is 2. The number of hydrogen-bond donors (Lipinski definition) is 1. The molecule has 0 heterocycles. The Morgan fingerprint density at radius 2 is 1.75 bits per heavy atom. The van der Waals surface area contributed by atoms with E-state index in [9.17, 15) is 14.0 Å². The van der Waals surface area contributed by atoms with Crippen molar-refractivity contribution in [3.05, 3.63) is 60.4 Å². The van der Waals surface area contributed by atoms with Gasteiger partial charge in [0.15, 0.2) is 12.7 Å². The molecule has 0 aliphatic rings. The number of esters is 1. The summed E-state index contributed by atoms with van der Waals surface area (Å²) in [6.07, 6.45) is -0.420. The molecule has 0 saturated heterocycles. The molecule has 2 aromatic carbocycles. The highest BCUT2D eigenvalue weighted by atomic mass is 19.1. The van der Waals surface area contributed by atoms with Crippen molar-refractivity contribution < 1.29 is 23.5 Å². The third-order valence-electron chi connectivity index (χ3n) is 3.15. The van der Waals surface area contributed by atoms with Crippen molar-refractivity contribution in [1.82, 2.24) is 0 Å². The van der Waals surface area contributed by atoms with Crippen molar-refractivity contribution >= 4 is 17.6 Å². The fourth-order valence-corrected chi connectivity index (χ4v) is 1.94. The molecule has 0 radical (unpaired) electrons. The zero-order valence-corrected chi connectivity index (χ0v) is 13.2. The lowest BCUT2D eigenvalue weighted by Gasteiger charge is -2.16. The summed E-state index contributed by atoms with van der Waals surface area (Å²) < 4.78 is 23.9. The lowest BCUT2D eigenvalue weighted by atomic mass is 10.2. The second kappa shape index (κ2) is 8.67. The number of rotatable bonds is 7. The Balaban J connectivity index is 1.84.